The van der Waals surface area contributed by atoms with Crippen molar-refractivity contribution in [3.8, 4) is 0 Å². The van der Waals surface area contributed by atoms with E-state index < -0.39 is 0 Å². The summed E-state index contributed by atoms with van der Waals surface area (Å²) in [6.45, 7) is 0.632. The maximum atomic E-state index is 11.4. The standard InChI is InChI=1S/C12H14N4O/c13-6-5-9-1-3-10(4-2-9)16-11-12(17)15-8-7-14-11/h1-4,7-8H,5-6,13H2,(H,14,16)(H,15,17). The van der Waals surface area contributed by atoms with Crippen molar-refractivity contribution < 1.29 is 0 Å². The number of hydrogen-bond acceptors (Lipinski definition) is 4. The Morgan fingerprint density at radius 1 is 1.29 bits per heavy atom. The lowest BCUT2D eigenvalue weighted by Crippen LogP contribution is -2.12. The van der Waals surface area contributed by atoms with Crippen LogP contribution >= 0.6 is 0 Å². The quantitative estimate of drug-likeness (QED) is 0.732. The Hall–Kier alpha value is -2.14. The fourth-order valence-corrected chi connectivity index (χ4v) is 1.50. The normalized spacial score (nSPS) is 10.2. The zero-order valence-electron chi connectivity index (χ0n) is 9.31. The summed E-state index contributed by atoms with van der Waals surface area (Å²) in [7, 11) is 0. The molecule has 0 aliphatic heterocycles. The number of nitrogens with one attached hydrogen (secondary N) is 2. The highest BCUT2D eigenvalue weighted by atomic mass is 16.1. The van der Waals surface area contributed by atoms with Crippen molar-refractivity contribution in [2.45, 2.75) is 6.42 Å². The van der Waals surface area contributed by atoms with E-state index in [9.17, 15) is 4.79 Å². The van der Waals surface area contributed by atoms with Gasteiger partial charge in [-0.3, -0.25) is 4.79 Å². The average molecular weight is 230 g/mol. The van der Waals surface area contributed by atoms with Crippen molar-refractivity contribution in [1.29, 1.82) is 0 Å². The van der Waals surface area contributed by atoms with Crippen LogP contribution in [0.1, 0.15) is 5.56 Å². The van der Waals surface area contributed by atoms with Crippen molar-refractivity contribution in [3.05, 3.63) is 52.6 Å². The van der Waals surface area contributed by atoms with Crippen LogP contribution in [0, 0.1) is 0 Å². The molecule has 17 heavy (non-hydrogen) atoms. The number of anilines is 2. The number of aromatic nitrogens is 2. The van der Waals surface area contributed by atoms with Crippen LogP contribution in [0.25, 0.3) is 0 Å². The van der Waals surface area contributed by atoms with Gasteiger partial charge in [0.25, 0.3) is 5.56 Å². The number of nitrogens with two attached hydrogens (primary N) is 1. The molecule has 5 heteroatoms. The lowest BCUT2D eigenvalue weighted by atomic mass is 10.1. The predicted molar refractivity (Wildman–Crippen MR) is 67.3 cm³/mol. The molecule has 0 amide bonds. The summed E-state index contributed by atoms with van der Waals surface area (Å²) in [4.78, 5) is 17.9. The topological polar surface area (TPSA) is 83.8 Å². The zero-order chi connectivity index (χ0) is 12.1. The van der Waals surface area contributed by atoms with Crippen molar-refractivity contribution in [3.63, 3.8) is 0 Å². The van der Waals surface area contributed by atoms with E-state index in [1.165, 1.54) is 18.0 Å². The second kappa shape index (κ2) is 5.27. The summed E-state index contributed by atoms with van der Waals surface area (Å²) in [6.07, 6.45) is 3.88. The van der Waals surface area contributed by atoms with Gasteiger partial charge in [-0.15, -0.1) is 0 Å². The Bertz CT molecular complexity index is 533. The Morgan fingerprint density at radius 2 is 2.06 bits per heavy atom. The molecule has 0 radical (unpaired) electrons. The van der Waals surface area contributed by atoms with Gasteiger partial charge in [-0.05, 0) is 30.7 Å². The van der Waals surface area contributed by atoms with Crippen LogP contribution in [0.5, 0.6) is 0 Å². The lowest BCUT2D eigenvalue weighted by Gasteiger charge is -2.05. The summed E-state index contributed by atoms with van der Waals surface area (Å²) in [5.41, 5.74) is 7.24. The van der Waals surface area contributed by atoms with Crippen LogP contribution in [0.2, 0.25) is 0 Å². The molecule has 88 valence electrons. The van der Waals surface area contributed by atoms with Gasteiger partial charge in [-0.2, -0.15) is 0 Å². The largest absolute Gasteiger partial charge is 0.336 e. The molecule has 0 bridgehead atoms. The summed E-state index contributed by atoms with van der Waals surface area (Å²) < 4.78 is 0. The highest BCUT2D eigenvalue weighted by Crippen LogP contribution is 2.12. The van der Waals surface area contributed by atoms with Gasteiger partial charge in [0, 0.05) is 18.1 Å². The van der Waals surface area contributed by atoms with Gasteiger partial charge in [-0.1, -0.05) is 12.1 Å². The molecular formula is C12H14N4O. The zero-order valence-corrected chi connectivity index (χ0v) is 9.31. The summed E-state index contributed by atoms with van der Waals surface area (Å²) in [6, 6.07) is 7.76. The second-order valence-electron chi connectivity index (χ2n) is 3.63. The van der Waals surface area contributed by atoms with Gasteiger partial charge in [0.1, 0.15) is 0 Å². The van der Waals surface area contributed by atoms with Crippen molar-refractivity contribution >= 4 is 11.5 Å². The van der Waals surface area contributed by atoms with Crippen LogP contribution < -0.4 is 16.6 Å². The fourth-order valence-electron chi connectivity index (χ4n) is 1.50. The lowest BCUT2D eigenvalue weighted by molar-refractivity contribution is 0.969. The minimum atomic E-state index is -0.237. The first kappa shape index (κ1) is 11.3. The summed E-state index contributed by atoms with van der Waals surface area (Å²) in [5.74, 6) is 0.291. The van der Waals surface area contributed by atoms with E-state index in [1.807, 2.05) is 24.3 Å². The number of H-pyrrole nitrogens is 1. The van der Waals surface area contributed by atoms with Crippen LogP contribution in [-0.2, 0) is 6.42 Å². The van der Waals surface area contributed by atoms with E-state index in [1.54, 1.807) is 0 Å². The van der Waals surface area contributed by atoms with Gasteiger partial charge >= 0.3 is 0 Å². The Balaban J connectivity index is 2.14. The van der Waals surface area contributed by atoms with Crippen LogP contribution in [-0.4, -0.2) is 16.5 Å². The molecule has 0 fully saturated rings. The Labute approximate surface area is 98.7 Å². The second-order valence-corrected chi connectivity index (χ2v) is 3.63. The maximum absolute atomic E-state index is 11.4. The van der Waals surface area contributed by atoms with E-state index in [0.717, 1.165) is 12.1 Å². The van der Waals surface area contributed by atoms with Gasteiger partial charge in [0.05, 0.1) is 0 Å². The van der Waals surface area contributed by atoms with E-state index in [-0.39, 0.29) is 5.56 Å². The molecule has 1 aromatic carbocycles. The number of aromatic amines is 1. The molecule has 1 aromatic heterocycles. The molecule has 5 nitrogen and oxygen atoms in total. The van der Waals surface area contributed by atoms with Crippen molar-refractivity contribution in [1.82, 2.24) is 9.97 Å². The molecule has 2 aromatic rings. The van der Waals surface area contributed by atoms with Gasteiger partial charge in [0.2, 0.25) is 0 Å². The molecule has 0 saturated carbocycles. The highest BCUT2D eigenvalue weighted by Gasteiger charge is 2.00. The third-order valence-corrected chi connectivity index (χ3v) is 2.36. The molecule has 4 N–H and O–H groups in total. The molecular weight excluding hydrogens is 216 g/mol. The first-order chi connectivity index (χ1) is 8.29. The monoisotopic (exact) mass is 230 g/mol. The third-order valence-electron chi connectivity index (χ3n) is 2.36. The first-order valence-corrected chi connectivity index (χ1v) is 5.39. The number of hydrogen-bond donors (Lipinski definition) is 3. The highest BCUT2D eigenvalue weighted by molar-refractivity contribution is 5.55. The maximum Gasteiger partial charge on any atom is 0.291 e. The van der Waals surface area contributed by atoms with E-state index in [2.05, 4.69) is 15.3 Å². The van der Waals surface area contributed by atoms with Gasteiger partial charge in [0.15, 0.2) is 5.82 Å². The fraction of sp³-hybridized carbons (Fsp3) is 0.167. The molecule has 0 aliphatic carbocycles. The van der Waals surface area contributed by atoms with E-state index >= 15 is 0 Å². The minimum absolute atomic E-state index is 0.237. The third kappa shape index (κ3) is 2.92. The Morgan fingerprint density at radius 3 is 2.71 bits per heavy atom. The van der Waals surface area contributed by atoms with Crippen LogP contribution in [0.15, 0.2) is 41.5 Å². The SMILES string of the molecule is NCCc1ccc(Nc2ncc[nH]c2=O)cc1. The summed E-state index contributed by atoms with van der Waals surface area (Å²) in [5, 5.41) is 2.96. The number of benzene rings is 1. The smallest absolute Gasteiger partial charge is 0.291 e. The van der Waals surface area contributed by atoms with Crippen LogP contribution in [0.4, 0.5) is 11.5 Å². The number of rotatable bonds is 4. The molecule has 2 rings (SSSR count). The van der Waals surface area contributed by atoms with Crippen LogP contribution in [0.3, 0.4) is 0 Å². The molecule has 0 aliphatic rings. The molecule has 0 unspecified atom stereocenters. The number of nitrogens with zero attached hydrogens (tertiary/aromatic N) is 1. The molecule has 0 spiro atoms. The summed E-state index contributed by atoms with van der Waals surface area (Å²) >= 11 is 0. The minimum Gasteiger partial charge on any atom is -0.336 e. The van der Waals surface area contributed by atoms with Gasteiger partial charge < -0.3 is 16.0 Å². The predicted octanol–water partition coefficient (Wildman–Crippen LogP) is 1.01. The first-order valence-electron chi connectivity index (χ1n) is 5.39. The molecule has 1 heterocycles. The van der Waals surface area contributed by atoms with Gasteiger partial charge in [-0.25, -0.2) is 4.98 Å². The van der Waals surface area contributed by atoms with E-state index in [0.29, 0.717) is 12.4 Å². The molecule has 0 atom stereocenters. The average Bonchev–Trinajstić information content (AvgIpc) is 2.35. The van der Waals surface area contributed by atoms with Crippen molar-refractivity contribution in [2.75, 3.05) is 11.9 Å². The molecule has 0 saturated heterocycles. The van der Waals surface area contributed by atoms with E-state index in [4.69, 9.17) is 5.73 Å². The van der Waals surface area contributed by atoms with Crippen molar-refractivity contribution in [2.24, 2.45) is 5.73 Å². The Kier molecular flexibility index (Phi) is 3.52.